The van der Waals surface area contributed by atoms with Gasteiger partial charge in [0.1, 0.15) is 17.2 Å². The molecule has 0 spiro atoms. The SMILES string of the molecule is CCC(CC)c1cc(-c2ccc(O)cc2)c(C(C)C)c(-c2ccc(O)cc2)c1-c1ccc(O)cc1. The molecule has 0 aromatic heterocycles. The van der Waals surface area contributed by atoms with Crippen LogP contribution in [0.2, 0.25) is 0 Å². The maximum Gasteiger partial charge on any atom is 0.115 e. The number of aromatic hydroxyl groups is 3. The summed E-state index contributed by atoms with van der Waals surface area (Å²) in [7, 11) is 0. The number of benzene rings is 4. The molecule has 180 valence electrons. The molecule has 0 fully saturated rings. The molecule has 0 radical (unpaired) electrons. The van der Waals surface area contributed by atoms with Crippen LogP contribution in [-0.2, 0) is 0 Å². The molecular formula is C32H34O3. The molecule has 4 rings (SSSR count). The highest BCUT2D eigenvalue weighted by Crippen LogP contribution is 2.48. The van der Waals surface area contributed by atoms with Crippen molar-refractivity contribution in [2.75, 3.05) is 0 Å². The van der Waals surface area contributed by atoms with Crippen LogP contribution in [0.15, 0.2) is 78.9 Å². The van der Waals surface area contributed by atoms with Gasteiger partial charge in [0, 0.05) is 0 Å². The quantitative estimate of drug-likeness (QED) is 0.255. The topological polar surface area (TPSA) is 60.7 Å². The summed E-state index contributed by atoms with van der Waals surface area (Å²) < 4.78 is 0. The summed E-state index contributed by atoms with van der Waals surface area (Å²) in [5.41, 5.74) is 9.15. The van der Waals surface area contributed by atoms with Crippen molar-refractivity contribution in [3.8, 4) is 50.6 Å². The van der Waals surface area contributed by atoms with Gasteiger partial charge in [0.05, 0.1) is 0 Å². The Balaban J connectivity index is 2.19. The van der Waals surface area contributed by atoms with Crippen molar-refractivity contribution in [1.82, 2.24) is 0 Å². The fourth-order valence-electron chi connectivity index (χ4n) is 5.12. The summed E-state index contributed by atoms with van der Waals surface area (Å²) in [5, 5.41) is 30.0. The minimum atomic E-state index is 0.217. The minimum Gasteiger partial charge on any atom is -0.508 e. The zero-order valence-electron chi connectivity index (χ0n) is 20.9. The molecule has 4 aromatic rings. The molecule has 0 heterocycles. The van der Waals surface area contributed by atoms with Crippen LogP contribution < -0.4 is 0 Å². The molecule has 35 heavy (non-hydrogen) atoms. The lowest BCUT2D eigenvalue weighted by Gasteiger charge is -2.28. The zero-order valence-corrected chi connectivity index (χ0v) is 20.9. The first kappa shape index (κ1) is 24.4. The highest BCUT2D eigenvalue weighted by atomic mass is 16.3. The second-order valence-electron chi connectivity index (χ2n) is 9.49. The highest BCUT2D eigenvalue weighted by molar-refractivity contribution is 5.93. The van der Waals surface area contributed by atoms with Crippen molar-refractivity contribution in [2.45, 2.75) is 52.4 Å². The first-order chi connectivity index (χ1) is 16.8. The van der Waals surface area contributed by atoms with Gasteiger partial charge in [0.15, 0.2) is 0 Å². The maximum atomic E-state index is 10.0. The van der Waals surface area contributed by atoms with Crippen molar-refractivity contribution in [2.24, 2.45) is 0 Å². The lowest BCUT2D eigenvalue weighted by atomic mass is 9.75. The molecule has 0 saturated heterocycles. The molecule has 0 bridgehead atoms. The monoisotopic (exact) mass is 466 g/mol. The van der Waals surface area contributed by atoms with Gasteiger partial charge >= 0.3 is 0 Å². The molecule has 3 nitrogen and oxygen atoms in total. The summed E-state index contributed by atoms with van der Waals surface area (Å²) >= 11 is 0. The van der Waals surface area contributed by atoms with E-state index >= 15 is 0 Å². The summed E-state index contributed by atoms with van der Waals surface area (Å²) in [4.78, 5) is 0. The van der Waals surface area contributed by atoms with E-state index in [-0.39, 0.29) is 23.2 Å². The van der Waals surface area contributed by atoms with Gasteiger partial charge in [-0.05, 0) is 112 Å². The van der Waals surface area contributed by atoms with E-state index < -0.39 is 0 Å². The Hall–Kier alpha value is -3.72. The highest BCUT2D eigenvalue weighted by Gasteiger charge is 2.25. The first-order valence-corrected chi connectivity index (χ1v) is 12.4. The molecule has 0 aliphatic heterocycles. The molecule has 4 aromatic carbocycles. The number of hydrogen-bond acceptors (Lipinski definition) is 3. The van der Waals surface area contributed by atoms with E-state index in [1.807, 2.05) is 36.4 Å². The molecule has 0 aliphatic rings. The van der Waals surface area contributed by atoms with Gasteiger partial charge in [-0.1, -0.05) is 64.1 Å². The summed E-state index contributed by atoms with van der Waals surface area (Å²) in [6.45, 7) is 8.87. The van der Waals surface area contributed by atoms with Crippen molar-refractivity contribution in [3.05, 3.63) is 90.0 Å². The minimum absolute atomic E-state index is 0.217. The third kappa shape index (κ3) is 4.90. The molecule has 0 unspecified atom stereocenters. The van der Waals surface area contributed by atoms with Crippen LogP contribution in [0.4, 0.5) is 0 Å². The largest absolute Gasteiger partial charge is 0.508 e. The zero-order chi connectivity index (χ0) is 25.1. The third-order valence-electron chi connectivity index (χ3n) is 6.89. The van der Waals surface area contributed by atoms with Crippen LogP contribution in [0.3, 0.4) is 0 Å². The molecule has 0 amide bonds. The fourth-order valence-corrected chi connectivity index (χ4v) is 5.12. The van der Waals surface area contributed by atoms with Gasteiger partial charge in [-0.2, -0.15) is 0 Å². The van der Waals surface area contributed by atoms with Gasteiger partial charge in [0.25, 0.3) is 0 Å². The van der Waals surface area contributed by atoms with Gasteiger partial charge in [-0.15, -0.1) is 0 Å². The first-order valence-electron chi connectivity index (χ1n) is 12.4. The molecule has 0 saturated carbocycles. The predicted molar refractivity (Wildman–Crippen MR) is 145 cm³/mol. The molecule has 3 heteroatoms. The van der Waals surface area contributed by atoms with Crippen molar-refractivity contribution >= 4 is 0 Å². The van der Waals surface area contributed by atoms with Gasteiger partial charge in [0.2, 0.25) is 0 Å². The average Bonchev–Trinajstić information content (AvgIpc) is 2.85. The number of phenolic OH excluding ortho intramolecular Hbond substituents is 3. The van der Waals surface area contributed by atoms with E-state index in [2.05, 4.69) is 33.8 Å². The standard InChI is InChI=1S/C32H34O3/c1-5-21(6-2)28-19-29(22-7-13-25(33)14-8-22)30(20(3)4)32(24-11-17-27(35)18-12-24)31(28)23-9-15-26(34)16-10-23/h7-21,33-35H,5-6H2,1-4H3. The van der Waals surface area contributed by atoms with Crippen LogP contribution in [0, 0.1) is 0 Å². The molecule has 0 aliphatic carbocycles. The van der Waals surface area contributed by atoms with Crippen LogP contribution >= 0.6 is 0 Å². The molecule has 0 atom stereocenters. The van der Waals surface area contributed by atoms with E-state index in [9.17, 15) is 15.3 Å². The smallest absolute Gasteiger partial charge is 0.115 e. The number of rotatable bonds is 7. The average molecular weight is 467 g/mol. The van der Waals surface area contributed by atoms with Crippen LogP contribution in [0.1, 0.15) is 63.5 Å². The van der Waals surface area contributed by atoms with Crippen LogP contribution in [0.25, 0.3) is 33.4 Å². The van der Waals surface area contributed by atoms with Crippen LogP contribution in [0.5, 0.6) is 17.2 Å². The summed E-state index contributed by atoms with van der Waals surface area (Å²) in [5.74, 6) is 1.30. The van der Waals surface area contributed by atoms with E-state index in [0.717, 1.165) is 40.7 Å². The second kappa shape index (κ2) is 10.3. The lowest BCUT2D eigenvalue weighted by Crippen LogP contribution is -2.07. The number of hydrogen-bond donors (Lipinski definition) is 3. The Morgan fingerprint density at radius 3 is 1.37 bits per heavy atom. The maximum absolute atomic E-state index is 10.0. The predicted octanol–water partition coefficient (Wildman–Crippen LogP) is 8.83. The normalized spacial score (nSPS) is 11.4. The Kier molecular flexibility index (Phi) is 7.16. The van der Waals surface area contributed by atoms with Gasteiger partial charge in [-0.25, -0.2) is 0 Å². The van der Waals surface area contributed by atoms with E-state index in [0.29, 0.717) is 5.92 Å². The lowest BCUT2D eigenvalue weighted by molar-refractivity contribution is 0.475. The van der Waals surface area contributed by atoms with Crippen molar-refractivity contribution in [3.63, 3.8) is 0 Å². The Bertz CT molecular complexity index is 1280. The van der Waals surface area contributed by atoms with Gasteiger partial charge in [-0.3, -0.25) is 0 Å². The Morgan fingerprint density at radius 2 is 0.971 bits per heavy atom. The number of phenols is 3. The van der Waals surface area contributed by atoms with Gasteiger partial charge < -0.3 is 15.3 Å². The second-order valence-corrected chi connectivity index (χ2v) is 9.49. The van der Waals surface area contributed by atoms with Crippen LogP contribution in [-0.4, -0.2) is 15.3 Å². The van der Waals surface area contributed by atoms with E-state index in [1.54, 1.807) is 36.4 Å². The third-order valence-corrected chi connectivity index (χ3v) is 6.89. The Labute approximate surface area is 208 Å². The van der Waals surface area contributed by atoms with E-state index in [4.69, 9.17) is 0 Å². The fraction of sp³-hybridized carbons (Fsp3) is 0.250. The molecule has 3 N–H and O–H groups in total. The van der Waals surface area contributed by atoms with Crippen molar-refractivity contribution in [1.29, 1.82) is 0 Å². The summed E-state index contributed by atoms with van der Waals surface area (Å²) in [6.07, 6.45) is 2.01. The summed E-state index contributed by atoms with van der Waals surface area (Å²) in [6, 6.07) is 24.7. The van der Waals surface area contributed by atoms with E-state index in [1.165, 1.54) is 16.7 Å². The molecular weight excluding hydrogens is 432 g/mol. The van der Waals surface area contributed by atoms with Crippen molar-refractivity contribution < 1.29 is 15.3 Å². The Morgan fingerprint density at radius 1 is 0.571 bits per heavy atom.